The lowest BCUT2D eigenvalue weighted by Crippen LogP contribution is -2.41. The van der Waals surface area contributed by atoms with Crippen LogP contribution in [0.4, 0.5) is 5.69 Å². The van der Waals surface area contributed by atoms with E-state index in [-0.39, 0.29) is 17.3 Å². The summed E-state index contributed by atoms with van der Waals surface area (Å²) in [6.45, 7) is 2.25. The van der Waals surface area contributed by atoms with Crippen molar-refractivity contribution in [1.29, 1.82) is 0 Å². The van der Waals surface area contributed by atoms with Crippen LogP contribution in [0.15, 0.2) is 83.8 Å². The topological polar surface area (TPSA) is 66.5 Å². The molecule has 0 aliphatic heterocycles. The number of thioether (sulfide) groups is 1. The normalized spacial score (nSPS) is 11.2. The van der Waals surface area contributed by atoms with E-state index in [4.69, 9.17) is 11.6 Å². The Morgan fingerprint density at radius 2 is 1.59 bits per heavy atom. The van der Waals surface area contributed by atoms with Gasteiger partial charge in [0.15, 0.2) is 0 Å². The molecule has 0 radical (unpaired) electrons. The highest BCUT2D eigenvalue weighted by atomic mass is 35.5. The van der Waals surface area contributed by atoms with E-state index >= 15 is 0 Å². The Hall–Kier alpha value is -2.48. The van der Waals surface area contributed by atoms with Crippen LogP contribution in [0.2, 0.25) is 5.02 Å². The minimum absolute atomic E-state index is 0.154. The summed E-state index contributed by atoms with van der Waals surface area (Å²) in [7, 11) is -3.88. The number of sulfonamides is 1. The van der Waals surface area contributed by atoms with Crippen molar-refractivity contribution in [3.05, 3.63) is 95.0 Å². The molecule has 8 heteroatoms. The number of carbonyl (C=O) groups excluding carboxylic acids is 1. The quantitative estimate of drug-likeness (QED) is 0.321. The van der Waals surface area contributed by atoms with E-state index in [1.165, 1.54) is 9.87 Å². The summed E-state index contributed by atoms with van der Waals surface area (Å²) in [5, 5.41) is 3.58. The number of rotatable bonds is 12. The smallest absolute Gasteiger partial charge is 0.264 e. The highest BCUT2D eigenvalue weighted by Gasteiger charge is 2.26. The molecule has 3 aromatic carbocycles. The second kappa shape index (κ2) is 12.8. The number of aryl methyl sites for hydroxylation is 1. The molecule has 180 valence electrons. The van der Waals surface area contributed by atoms with Crippen molar-refractivity contribution < 1.29 is 13.2 Å². The number of anilines is 1. The van der Waals surface area contributed by atoms with E-state index in [9.17, 15) is 13.2 Å². The molecular formula is C26H29ClN2O3S2. The van der Waals surface area contributed by atoms with E-state index < -0.39 is 10.0 Å². The predicted molar refractivity (Wildman–Crippen MR) is 142 cm³/mol. The summed E-state index contributed by atoms with van der Waals surface area (Å²) in [6, 6.07) is 23.2. The molecule has 3 aromatic rings. The molecule has 0 aromatic heterocycles. The molecule has 0 bridgehead atoms. The van der Waals surface area contributed by atoms with E-state index in [1.54, 1.807) is 54.2 Å². The highest BCUT2D eigenvalue weighted by molar-refractivity contribution is 7.98. The number of hydrogen-bond acceptors (Lipinski definition) is 4. The standard InChI is InChI=1S/C26H29ClN2O3S2/c1-2-21-11-15-24(16-12-21)29(34(31,32)25-7-4-3-5-8-25)19-26(30)28-17-6-18-33-20-22-9-13-23(27)14-10-22/h3-5,7-16H,2,6,17-20H2,1H3,(H,28,30). The Labute approximate surface area is 211 Å². The van der Waals surface area contributed by atoms with Gasteiger partial charge in [-0.05, 0) is 66.1 Å². The Morgan fingerprint density at radius 1 is 0.941 bits per heavy atom. The van der Waals surface area contributed by atoms with Crippen LogP contribution in [-0.4, -0.2) is 33.2 Å². The first-order chi connectivity index (χ1) is 16.4. The number of hydrogen-bond donors (Lipinski definition) is 1. The van der Waals surface area contributed by atoms with Crippen LogP contribution in [0.3, 0.4) is 0 Å². The van der Waals surface area contributed by atoms with E-state index in [2.05, 4.69) is 5.32 Å². The zero-order chi connectivity index (χ0) is 24.4. The summed E-state index contributed by atoms with van der Waals surface area (Å²) < 4.78 is 27.8. The number of carbonyl (C=O) groups is 1. The highest BCUT2D eigenvalue weighted by Crippen LogP contribution is 2.24. The van der Waals surface area contributed by atoms with Crippen molar-refractivity contribution >= 4 is 45.0 Å². The largest absolute Gasteiger partial charge is 0.354 e. The lowest BCUT2D eigenvalue weighted by Gasteiger charge is -2.24. The van der Waals surface area contributed by atoms with Gasteiger partial charge < -0.3 is 5.32 Å². The summed E-state index contributed by atoms with van der Waals surface area (Å²) >= 11 is 7.69. The van der Waals surface area contributed by atoms with Gasteiger partial charge in [0.1, 0.15) is 6.54 Å². The van der Waals surface area contributed by atoms with Crippen molar-refractivity contribution in [2.45, 2.75) is 30.4 Å². The van der Waals surface area contributed by atoms with Crippen molar-refractivity contribution in [2.75, 3.05) is 23.1 Å². The zero-order valence-corrected chi connectivity index (χ0v) is 21.5. The third kappa shape index (κ3) is 7.52. The van der Waals surface area contributed by atoms with Crippen molar-refractivity contribution in [3.8, 4) is 0 Å². The van der Waals surface area contributed by atoms with Gasteiger partial charge in [0.25, 0.3) is 10.0 Å². The fraction of sp³-hybridized carbons (Fsp3) is 0.269. The minimum atomic E-state index is -3.88. The molecule has 1 amide bonds. The minimum Gasteiger partial charge on any atom is -0.354 e. The molecule has 3 rings (SSSR count). The Balaban J connectivity index is 1.57. The number of benzene rings is 3. The average Bonchev–Trinajstić information content (AvgIpc) is 2.86. The van der Waals surface area contributed by atoms with Crippen LogP contribution < -0.4 is 9.62 Å². The summed E-state index contributed by atoms with van der Waals surface area (Å²) in [5.41, 5.74) is 2.77. The third-order valence-corrected chi connectivity index (χ3v) is 8.38. The second-order valence-electron chi connectivity index (χ2n) is 7.73. The number of nitrogens with zero attached hydrogens (tertiary/aromatic N) is 1. The number of nitrogens with one attached hydrogen (secondary N) is 1. The summed E-state index contributed by atoms with van der Waals surface area (Å²) in [5.74, 6) is 1.43. The first-order valence-corrected chi connectivity index (χ1v) is 14.1. The lowest BCUT2D eigenvalue weighted by atomic mass is 10.1. The Morgan fingerprint density at radius 3 is 2.24 bits per heavy atom. The van der Waals surface area contributed by atoms with E-state index in [0.29, 0.717) is 12.2 Å². The first kappa shape index (κ1) is 26.1. The predicted octanol–water partition coefficient (Wildman–Crippen LogP) is 5.54. The van der Waals surface area contributed by atoms with Gasteiger partial charge in [0.2, 0.25) is 5.91 Å². The SMILES string of the molecule is CCc1ccc(N(CC(=O)NCCCSCc2ccc(Cl)cc2)S(=O)(=O)c2ccccc2)cc1. The van der Waals surface area contributed by atoms with E-state index in [0.717, 1.165) is 34.9 Å². The molecule has 34 heavy (non-hydrogen) atoms. The summed E-state index contributed by atoms with van der Waals surface area (Å²) in [6.07, 6.45) is 1.64. The van der Waals surface area contributed by atoms with Crippen molar-refractivity contribution in [2.24, 2.45) is 0 Å². The van der Waals surface area contributed by atoms with Crippen LogP contribution in [-0.2, 0) is 27.0 Å². The second-order valence-corrected chi connectivity index (χ2v) is 11.1. The molecule has 1 N–H and O–H groups in total. The molecule has 0 spiro atoms. The first-order valence-electron chi connectivity index (χ1n) is 11.2. The maximum Gasteiger partial charge on any atom is 0.264 e. The van der Waals surface area contributed by atoms with E-state index in [1.807, 2.05) is 43.3 Å². The van der Waals surface area contributed by atoms with Gasteiger partial charge >= 0.3 is 0 Å². The van der Waals surface area contributed by atoms with Crippen LogP contribution >= 0.6 is 23.4 Å². The zero-order valence-electron chi connectivity index (χ0n) is 19.1. The summed E-state index contributed by atoms with van der Waals surface area (Å²) in [4.78, 5) is 12.8. The third-order valence-electron chi connectivity index (χ3n) is 5.22. The van der Waals surface area contributed by atoms with Crippen molar-refractivity contribution in [1.82, 2.24) is 5.32 Å². The molecule has 0 unspecified atom stereocenters. The lowest BCUT2D eigenvalue weighted by molar-refractivity contribution is -0.119. The Bertz CT molecular complexity index is 1150. The van der Waals surface area contributed by atoms with Crippen LogP contribution in [0, 0.1) is 0 Å². The molecule has 0 saturated heterocycles. The monoisotopic (exact) mass is 516 g/mol. The molecule has 0 fully saturated rings. The number of amides is 1. The molecule has 0 atom stereocenters. The van der Waals surface area contributed by atoms with Crippen LogP contribution in [0.25, 0.3) is 0 Å². The molecule has 0 saturated carbocycles. The maximum atomic E-state index is 13.3. The van der Waals surface area contributed by atoms with Crippen LogP contribution in [0.5, 0.6) is 0 Å². The van der Waals surface area contributed by atoms with Crippen molar-refractivity contribution in [3.63, 3.8) is 0 Å². The van der Waals surface area contributed by atoms with Gasteiger partial charge in [-0.15, -0.1) is 0 Å². The molecule has 5 nitrogen and oxygen atoms in total. The molecular weight excluding hydrogens is 488 g/mol. The maximum absolute atomic E-state index is 13.3. The molecule has 0 heterocycles. The molecule has 0 aliphatic rings. The fourth-order valence-electron chi connectivity index (χ4n) is 3.29. The molecule has 0 aliphatic carbocycles. The Kier molecular flexibility index (Phi) is 9.86. The van der Waals surface area contributed by atoms with Gasteiger partial charge in [0, 0.05) is 17.3 Å². The average molecular weight is 517 g/mol. The van der Waals surface area contributed by atoms with Gasteiger partial charge in [0.05, 0.1) is 10.6 Å². The van der Waals surface area contributed by atoms with Gasteiger partial charge in [-0.3, -0.25) is 9.10 Å². The van der Waals surface area contributed by atoms with Gasteiger partial charge in [-0.25, -0.2) is 8.42 Å². The fourth-order valence-corrected chi connectivity index (χ4v) is 5.78. The number of halogens is 1. The van der Waals surface area contributed by atoms with Gasteiger partial charge in [-0.2, -0.15) is 11.8 Å². The van der Waals surface area contributed by atoms with Crippen LogP contribution in [0.1, 0.15) is 24.5 Å². The van der Waals surface area contributed by atoms with Gasteiger partial charge in [-0.1, -0.05) is 61.0 Å².